The van der Waals surface area contributed by atoms with Crippen LogP contribution >= 0.6 is 0 Å². The number of hydrogen-bond donors (Lipinski definition) is 1. The Labute approximate surface area is 110 Å². The minimum atomic E-state index is 0.145. The number of carbonyl (C=O) groups is 1. The van der Waals surface area contributed by atoms with Gasteiger partial charge in [0.2, 0.25) is 0 Å². The lowest BCUT2D eigenvalue weighted by Gasteiger charge is -2.19. The third-order valence-corrected chi connectivity index (χ3v) is 3.49. The number of ketones is 1. The monoisotopic (exact) mass is 245 g/mol. The van der Waals surface area contributed by atoms with E-state index in [4.69, 9.17) is 0 Å². The topological polar surface area (TPSA) is 29.1 Å². The van der Waals surface area contributed by atoms with Gasteiger partial charge in [-0.1, -0.05) is 45.0 Å². The summed E-state index contributed by atoms with van der Waals surface area (Å²) >= 11 is 0. The normalized spacial score (nSPS) is 15.7. The molecule has 2 heteroatoms. The molecule has 0 unspecified atom stereocenters. The molecule has 2 nitrogen and oxygen atoms in total. The molecule has 1 aromatic rings. The van der Waals surface area contributed by atoms with Crippen LogP contribution in [-0.2, 0) is 5.41 Å². The summed E-state index contributed by atoms with van der Waals surface area (Å²) in [6.07, 6.45) is 2.64. The molecule has 0 heterocycles. The van der Waals surface area contributed by atoms with Crippen LogP contribution in [0.2, 0.25) is 0 Å². The Kier molecular flexibility index (Phi) is 3.86. The van der Waals surface area contributed by atoms with E-state index < -0.39 is 0 Å². The van der Waals surface area contributed by atoms with Gasteiger partial charge in [-0.15, -0.1) is 0 Å². The van der Waals surface area contributed by atoms with Gasteiger partial charge in [-0.25, -0.2) is 0 Å². The first-order valence-electron chi connectivity index (χ1n) is 6.81. The van der Waals surface area contributed by atoms with Crippen molar-refractivity contribution in [2.45, 2.75) is 39.0 Å². The van der Waals surface area contributed by atoms with Gasteiger partial charge in [-0.2, -0.15) is 0 Å². The maximum Gasteiger partial charge on any atom is 0.176 e. The number of rotatable bonds is 5. The fraction of sp³-hybridized carbons (Fsp3) is 0.562. The van der Waals surface area contributed by atoms with Gasteiger partial charge in [0.15, 0.2) is 5.78 Å². The van der Waals surface area contributed by atoms with Crippen molar-refractivity contribution in [3.05, 3.63) is 35.4 Å². The van der Waals surface area contributed by atoms with E-state index in [0.717, 1.165) is 18.0 Å². The molecule has 0 radical (unpaired) electrons. The van der Waals surface area contributed by atoms with Crippen LogP contribution in [0, 0.1) is 5.92 Å². The number of hydrogen-bond acceptors (Lipinski definition) is 2. The molecule has 1 aliphatic carbocycles. The van der Waals surface area contributed by atoms with E-state index in [-0.39, 0.29) is 11.2 Å². The highest BCUT2D eigenvalue weighted by Crippen LogP contribution is 2.27. The van der Waals surface area contributed by atoms with E-state index in [1.165, 1.54) is 18.4 Å². The molecular formula is C16H23NO. The van der Waals surface area contributed by atoms with Crippen molar-refractivity contribution in [1.82, 2.24) is 5.32 Å². The highest BCUT2D eigenvalue weighted by Gasteiger charge is 2.20. The van der Waals surface area contributed by atoms with Gasteiger partial charge in [0.25, 0.3) is 0 Å². The number of benzene rings is 1. The molecule has 0 atom stereocenters. The lowest BCUT2D eigenvalue weighted by Crippen LogP contribution is -2.25. The Balaban J connectivity index is 1.89. The quantitative estimate of drug-likeness (QED) is 0.807. The highest BCUT2D eigenvalue weighted by atomic mass is 16.1. The molecule has 0 aromatic heterocycles. The first kappa shape index (κ1) is 13.3. The van der Waals surface area contributed by atoms with Gasteiger partial charge in [-0.3, -0.25) is 4.79 Å². The van der Waals surface area contributed by atoms with Crippen molar-refractivity contribution in [1.29, 1.82) is 0 Å². The molecule has 1 saturated carbocycles. The molecule has 0 aliphatic heterocycles. The van der Waals surface area contributed by atoms with E-state index >= 15 is 0 Å². The summed E-state index contributed by atoms with van der Waals surface area (Å²) in [6.45, 7) is 8.00. The van der Waals surface area contributed by atoms with Crippen LogP contribution in [0.5, 0.6) is 0 Å². The van der Waals surface area contributed by atoms with Gasteiger partial charge in [0.1, 0.15) is 0 Å². The van der Waals surface area contributed by atoms with E-state index in [2.05, 4.69) is 38.2 Å². The second-order valence-electron chi connectivity index (χ2n) is 6.32. The van der Waals surface area contributed by atoms with E-state index in [1.54, 1.807) is 0 Å². The van der Waals surface area contributed by atoms with Gasteiger partial charge < -0.3 is 5.32 Å². The molecule has 1 aromatic carbocycles. The summed E-state index contributed by atoms with van der Waals surface area (Å²) in [5, 5.41) is 3.24. The van der Waals surface area contributed by atoms with E-state index in [1.807, 2.05) is 12.1 Å². The number of nitrogens with one attached hydrogen (secondary N) is 1. The van der Waals surface area contributed by atoms with Crippen molar-refractivity contribution in [2.75, 3.05) is 13.1 Å². The van der Waals surface area contributed by atoms with Crippen LogP contribution in [-0.4, -0.2) is 18.9 Å². The predicted molar refractivity (Wildman–Crippen MR) is 75.1 cm³/mol. The van der Waals surface area contributed by atoms with Crippen LogP contribution in [0.3, 0.4) is 0 Å². The molecule has 0 saturated heterocycles. The SMILES string of the molecule is CC(C)(C)c1ccc(C(=O)CNCC2CC2)cc1. The van der Waals surface area contributed by atoms with Crippen molar-refractivity contribution in [3.63, 3.8) is 0 Å². The summed E-state index contributed by atoms with van der Waals surface area (Å²) < 4.78 is 0. The van der Waals surface area contributed by atoms with Crippen molar-refractivity contribution >= 4 is 5.78 Å². The van der Waals surface area contributed by atoms with Gasteiger partial charge in [-0.05, 0) is 36.3 Å². The second-order valence-corrected chi connectivity index (χ2v) is 6.32. The minimum absolute atomic E-state index is 0.145. The Bertz CT molecular complexity index is 410. The maximum atomic E-state index is 11.9. The summed E-state index contributed by atoms with van der Waals surface area (Å²) in [5.74, 6) is 1.01. The third kappa shape index (κ3) is 3.67. The highest BCUT2D eigenvalue weighted by molar-refractivity contribution is 5.97. The largest absolute Gasteiger partial charge is 0.309 e. The first-order chi connectivity index (χ1) is 8.47. The molecule has 0 amide bonds. The lowest BCUT2D eigenvalue weighted by atomic mass is 9.86. The molecule has 1 fully saturated rings. The molecule has 0 bridgehead atoms. The molecule has 1 aliphatic rings. The average molecular weight is 245 g/mol. The summed E-state index contributed by atoms with van der Waals surface area (Å²) in [7, 11) is 0. The summed E-state index contributed by atoms with van der Waals surface area (Å²) in [6, 6.07) is 8.02. The maximum absolute atomic E-state index is 11.9. The molecule has 18 heavy (non-hydrogen) atoms. The second kappa shape index (κ2) is 5.23. The summed E-state index contributed by atoms with van der Waals surface area (Å²) in [5.41, 5.74) is 2.22. The number of Topliss-reactive ketones (excluding diaryl/α,β-unsaturated/α-hetero) is 1. The Morgan fingerprint density at radius 2 is 1.83 bits per heavy atom. The van der Waals surface area contributed by atoms with Crippen LogP contribution < -0.4 is 5.32 Å². The minimum Gasteiger partial charge on any atom is -0.309 e. The van der Waals surface area contributed by atoms with Crippen LogP contribution in [0.25, 0.3) is 0 Å². The Morgan fingerprint density at radius 1 is 1.22 bits per heavy atom. The van der Waals surface area contributed by atoms with E-state index in [0.29, 0.717) is 6.54 Å². The van der Waals surface area contributed by atoms with Crippen molar-refractivity contribution in [2.24, 2.45) is 5.92 Å². The van der Waals surface area contributed by atoms with Gasteiger partial charge >= 0.3 is 0 Å². The average Bonchev–Trinajstić information content (AvgIpc) is 3.12. The molecule has 0 spiro atoms. The molecule has 98 valence electrons. The zero-order valence-corrected chi connectivity index (χ0v) is 11.6. The summed E-state index contributed by atoms with van der Waals surface area (Å²) in [4.78, 5) is 11.9. The van der Waals surface area contributed by atoms with Gasteiger partial charge in [0, 0.05) is 5.56 Å². The standard InChI is InChI=1S/C16H23NO/c1-16(2,3)14-8-6-13(7-9-14)15(18)11-17-10-12-4-5-12/h6-9,12,17H,4-5,10-11H2,1-3H3. The van der Waals surface area contributed by atoms with Crippen molar-refractivity contribution < 1.29 is 4.79 Å². The zero-order chi connectivity index (χ0) is 13.2. The molecule has 1 N–H and O–H groups in total. The van der Waals surface area contributed by atoms with Crippen LogP contribution in [0.1, 0.15) is 49.5 Å². The first-order valence-corrected chi connectivity index (χ1v) is 6.81. The van der Waals surface area contributed by atoms with Gasteiger partial charge in [0.05, 0.1) is 6.54 Å². The fourth-order valence-corrected chi connectivity index (χ4v) is 1.97. The lowest BCUT2D eigenvalue weighted by molar-refractivity contribution is 0.0991. The molecular weight excluding hydrogens is 222 g/mol. The zero-order valence-electron chi connectivity index (χ0n) is 11.6. The third-order valence-electron chi connectivity index (χ3n) is 3.49. The number of carbonyl (C=O) groups excluding carboxylic acids is 1. The fourth-order valence-electron chi connectivity index (χ4n) is 1.97. The van der Waals surface area contributed by atoms with Crippen LogP contribution in [0.4, 0.5) is 0 Å². The van der Waals surface area contributed by atoms with E-state index in [9.17, 15) is 4.79 Å². The Morgan fingerprint density at radius 3 is 2.33 bits per heavy atom. The smallest absolute Gasteiger partial charge is 0.176 e. The van der Waals surface area contributed by atoms with Crippen molar-refractivity contribution in [3.8, 4) is 0 Å². The van der Waals surface area contributed by atoms with Crippen LogP contribution in [0.15, 0.2) is 24.3 Å². The molecule has 2 rings (SSSR count). The Hall–Kier alpha value is -1.15. The predicted octanol–water partition coefficient (Wildman–Crippen LogP) is 3.17.